The summed E-state index contributed by atoms with van der Waals surface area (Å²) >= 11 is 0. The van der Waals surface area contributed by atoms with Gasteiger partial charge in [-0.15, -0.1) is 0 Å². The lowest BCUT2D eigenvalue weighted by Gasteiger charge is -2.32. The van der Waals surface area contributed by atoms with E-state index >= 15 is 0 Å². The fraction of sp³-hybridized carbons (Fsp3) is 0.727. The Hall–Kier alpha value is -0.870. The van der Waals surface area contributed by atoms with E-state index in [9.17, 15) is 0 Å². The number of fused-ring (bicyclic) bond motifs is 1. The van der Waals surface area contributed by atoms with E-state index in [0.29, 0.717) is 12.6 Å². The second-order valence-electron chi connectivity index (χ2n) is 4.47. The van der Waals surface area contributed by atoms with Gasteiger partial charge in [-0.1, -0.05) is 0 Å². The van der Waals surface area contributed by atoms with Crippen molar-refractivity contribution in [2.45, 2.75) is 46.4 Å². The number of aryl methyl sites for hydroxylation is 1. The molecule has 1 aromatic rings. The summed E-state index contributed by atoms with van der Waals surface area (Å²) < 4.78 is 2.31. The van der Waals surface area contributed by atoms with Crippen LogP contribution in [0.15, 0.2) is 0 Å². The number of nitrogens with zero attached hydrogens (tertiary/aromatic N) is 3. The van der Waals surface area contributed by atoms with E-state index in [1.54, 1.807) is 0 Å². The number of rotatable bonds is 2. The molecule has 0 radical (unpaired) electrons. The van der Waals surface area contributed by atoms with E-state index in [1.165, 1.54) is 5.69 Å². The molecule has 4 heteroatoms. The molecule has 0 fully saturated rings. The fourth-order valence-electron chi connectivity index (χ4n) is 2.25. The van der Waals surface area contributed by atoms with Gasteiger partial charge in [0, 0.05) is 32.2 Å². The SMILES string of the molecule is Cc1nc(CN)c2n1CCN(C(C)C)C2. The molecule has 4 nitrogen and oxygen atoms in total. The third-order valence-corrected chi connectivity index (χ3v) is 3.23. The lowest BCUT2D eigenvalue weighted by molar-refractivity contribution is 0.175. The smallest absolute Gasteiger partial charge is 0.106 e. The van der Waals surface area contributed by atoms with Crippen molar-refractivity contribution in [3.8, 4) is 0 Å². The quantitative estimate of drug-likeness (QED) is 0.784. The normalized spacial score (nSPS) is 17.1. The van der Waals surface area contributed by atoms with Crippen LogP contribution in [0.5, 0.6) is 0 Å². The highest BCUT2D eigenvalue weighted by Crippen LogP contribution is 2.19. The third kappa shape index (κ3) is 1.79. The van der Waals surface area contributed by atoms with Gasteiger partial charge in [0.25, 0.3) is 0 Å². The second kappa shape index (κ2) is 3.94. The molecule has 0 saturated heterocycles. The predicted molar refractivity (Wildman–Crippen MR) is 60.4 cm³/mol. The Labute approximate surface area is 91.1 Å². The van der Waals surface area contributed by atoms with Crippen LogP contribution in [0, 0.1) is 6.92 Å². The van der Waals surface area contributed by atoms with Crippen molar-refractivity contribution in [3.63, 3.8) is 0 Å². The first-order valence-electron chi connectivity index (χ1n) is 5.62. The van der Waals surface area contributed by atoms with Gasteiger partial charge in [-0.3, -0.25) is 4.90 Å². The molecule has 0 unspecified atom stereocenters. The number of nitrogens with two attached hydrogens (primary N) is 1. The first-order chi connectivity index (χ1) is 7.13. The van der Waals surface area contributed by atoms with Gasteiger partial charge in [0.15, 0.2) is 0 Å². The summed E-state index contributed by atoms with van der Waals surface area (Å²) in [6.45, 7) is 10.2. The Kier molecular flexibility index (Phi) is 2.80. The molecule has 0 bridgehead atoms. The van der Waals surface area contributed by atoms with Gasteiger partial charge in [-0.2, -0.15) is 0 Å². The summed E-state index contributed by atoms with van der Waals surface area (Å²) in [4.78, 5) is 6.98. The van der Waals surface area contributed by atoms with Crippen molar-refractivity contribution in [1.82, 2.24) is 14.5 Å². The van der Waals surface area contributed by atoms with Crippen molar-refractivity contribution in [2.75, 3.05) is 6.54 Å². The predicted octanol–water partition coefficient (Wildman–Crippen LogP) is 0.874. The molecule has 1 aromatic heterocycles. The second-order valence-corrected chi connectivity index (χ2v) is 4.47. The first kappa shape index (κ1) is 10.6. The minimum Gasteiger partial charge on any atom is -0.329 e. The molecule has 1 aliphatic heterocycles. The van der Waals surface area contributed by atoms with Crippen LogP contribution in [0.1, 0.15) is 31.1 Å². The van der Waals surface area contributed by atoms with Crippen molar-refractivity contribution < 1.29 is 0 Å². The van der Waals surface area contributed by atoms with Crippen LogP contribution < -0.4 is 5.73 Å². The molecule has 84 valence electrons. The topological polar surface area (TPSA) is 47.1 Å². The lowest BCUT2D eigenvalue weighted by Crippen LogP contribution is -2.38. The average Bonchev–Trinajstić information content (AvgIpc) is 2.55. The minimum absolute atomic E-state index is 0.551. The monoisotopic (exact) mass is 208 g/mol. The van der Waals surface area contributed by atoms with Crippen LogP contribution in [0.3, 0.4) is 0 Å². The van der Waals surface area contributed by atoms with Crippen LogP contribution in [0.25, 0.3) is 0 Å². The van der Waals surface area contributed by atoms with E-state index in [1.807, 2.05) is 0 Å². The highest BCUT2D eigenvalue weighted by atomic mass is 15.2. The number of aromatic nitrogens is 2. The zero-order chi connectivity index (χ0) is 11.0. The lowest BCUT2D eigenvalue weighted by atomic mass is 10.2. The van der Waals surface area contributed by atoms with Crippen LogP contribution in [-0.4, -0.2) is 27.0 Å². The summed E-state index contributed by atoms with van der Waals surface area (Å²) in [6, 6.07) is 0.597. The maximum atomic E-state index is 5.71. The molecule has 1 aliphatic rings. The van der Waals surface area contributed by atoms with Crippen molar-refractivity contribution in [3.05, 3.63) is 17.2 Å². The van der Waals surface area contributed by atoms with E-state index < -0.39 is 0 Å². The summed E-state index contributed by atoms with van der Waals surface area (Å²) in [5, 5.41) is 0. The molecule has 0 spiro atoms. The van der Waals surface area contributed by atoms with Gasteiger partial charge < -0.3 is 10.3 Å². The zero-order valence-electron chi connectivity index (χ0n) is 9.82. The fourth-order valence-corrected chi connectivity index (χ4v) is 2.25. The van der Waals surface area contributed by atoms with Gasteiger partial charge in [-0.05, 0) is 20.8 Å². The third-order valence-electron chi connectivity index (χ3n) is 3.23. The first-order valence-corrected chi connectivity index (χ1v) is 5.62. The Morgan fingerprint density at radius 3 is 2.73 bits per heavy atom. The van der Waals surface area contributed by atoms with Crippen LogP contribution in [0.4, 0.5) is 0 Å². The highest BCUT2D eigenvalue weighted by molar-refractivity contribution is 5.18. The molecule has 0 amide bonds. The van der Waals surface area contributed by atoms with E-state index in [0.717, 1.165) is 31.2 Å². The van der Waals surface area contributed by atoms with Crippen LogP contribution in [0.2, 0.25) is 0 Å². The zero-order valence-corrected chi connectivity index (χ0v) is 9.82. The van der Waals surface area contributed by atoms with E-state index in [-0.39, 0.29) is 0 Å². The molecule has 0 aliphatic carbocycles. The Bertz CT molecular complexity index is 354. The van der Waals surface area contributed by atoms with E-state index in [4.69, 9.17) is 5.73 Å². The molecule has 2 heterocycles. The summed E-state index contributed by atoms with van der Waals surface area (Å²) in [5.74, 6) is 1.11. The van der Waals surface area contributed by atoms with Crippen LogP contribution in [-0.2, 0) is 19.6 Å². The molecular weight excluding hydrogens is 188 g/mol. The van der Waals surface area contributed by atoms with Gasteiger partial charge in [0.05, 0.1) is 11.4 Å². The Balaban J connectivity index is 2.31. The Morgan fingerprint density at radius 2 is 2.13 bits per heavy atom. The minimum atomic E-state index is 0.551. The molecule has 2 N–H and O–H groups in total. The molecule has 2 rings (SSSR count). The number of hydrogen-bond acceptors (Lipinski definition) is 3. The maximum Gasteiger partial charge on any atom is 0.106 e. The van der Waals surface area contributed by atoms with Gasteiger partial charge in [-0.25, -0.2) is 4.98 Å². The number of hydrogen-bond donors (Lipinski definition) is 1. The van der Waals surface area contributed by atoms with Gasteiger partial charge in [0.2, 0.25) is 0 Å². The highest BCUT2D eigenvalue weighted by Gasteiger charge is 2.22. The standard InChI is InChI=1S/C11H20N4/c1-8(2)14-4-5-15-9(3)13-10(6-12)11(15)7-14/h8H,4-7,12H2,1-3H3. The molecule has 0 aromatic carbocycles. The summed E-state index contributed by atoms with van der Waals surface area (Å²) in [6.07, 6.45) is 0. The van der Waals surface area contributed by atoms with Crippen molar-refractivity contribution in [1.29, 1.82) is 0 Å². The van der Waals surface area contributed by atoms with Crippen molar-refractivity contribution >= 4 is 0 Å². The summed E-state index contributed by atoms with van der Waals surface area (Å²) in [7, 11) is 0. The van der Waals surface area contributed by atoms with Crippen molar-refractivity contribution in [2.24, 2.45) is 5.73 Å². The van der Waals surface area contributed by atoms with Crippen LogP contribution >= 0.6 is 0 Å². The van der Waals surface area contributed by atoms with E-state index in [2.05, 4.69) is 35.2 Å². The van der Waals surface area contributed by atoms with Gasteiger partial charge in [0.1, 0.15) is 5.82 Å². The van der Waals surface area contributed by atoms with Gasteiger partial charge >= 0.3 is 0 Å². The molecule has 15 heavy (non-hydrogen) atoms. The average molecular weight is 208 g/mol. The maximum absolute atomic E-state index is 5.71. The Morgan fingerprint density at radius 1 is 1.40 bits per heavy atom. The number of imidazole rings is 1. The summed E-state index contributed by atoms with van der Waals surface area (Å²) in [5.41, 5.74) is 8.10. The molecule has 0 atom stereocenters. The molecule has 0 saturated carbocycles. The molecular formula is C11H20N4. The largest absolute Gasteiger partial charge is 0.329 e.